The van der Waals surface area contributed by atoms with E-state index in [0.29, 0.717) is 8.58 Å². The van der Waals surface area contributed by atoms with Gasteiger partial charge in [0.15, 0.2) is 0 Å². The van der Waals surface area contributed by atoms with Gasteiger partial charge in [-0.2, -0.15) is 0 Å². The Balaban J connectivity index is 1.25. The van der Waals surface area contributed by atoms with Crippen LogP contribution in [-0.4, -0.2) is 0 Å². The van der Waals surface area contributed by atoms with E-state index in [1.807, 2.05) is 0 Å². The first-order valence-corrected chi connectivity index (χ1v) is 12.3. The van der Waals surface area contributed by atoms with E-state index < -0.39 is 0 Å². The van der Waals surface area contributed by atoms with E-state index in [9.17, 15) is 0 Å². The summed E-state index contributed by atoms with van der Waals surface area (Å²) in [6, 6.07) is 48.4. The maximum absolute atomic E-state index is 2.27. The molecule has 0 amide bonds. The van der Waals surface area contributed by atoms with Crippen LogP contribution in [0.2, 0.25) is 0 Å². The van der Waals surface area contributed by atoms with E-state index in [1.165, 1.54) is 54.4 Å². The molecule has 0 bridgehead atoms. The van der Waals surface area contributed by atoms with Crippen LogP contribution in [0.5, 0.6) is 0 Å². The lowest BCUT2D eigenvalue weighted by Gasteiger charge is -2.10. The Labute approximate surface area is 196 Å². The second-order valence-corrected chi connectivity index (χ2v) is 9.74. The summed E-state index contributed by atoms with van der Waals surface area (Å²) in [6.45, 7) is 0. The van der Waals surface area contributed by atoms with Crippen LogP contribution < -0.4 is 10.6 Å². The van der Waals surface area contributed by atoms with Gasteiger partial charge in [0.2, 0.25) is 0 Å². The monoisotopic (exact) mass is 438 g/mol. The second kappa shape index (κ2) is 8.66. The van der Waals surface area contributed by atoms with Crippen LogP contribution in [0.3, 0.4) is 0 Å². The van der Waals surface area contributed by atoms with Gasteiger partial charge in [-0.25, -0.2) is 0 Å². The summed E-state index contributed by atoms with van der Waals surface area (Å²) in [5.41, 5.74) is 5.13. The van der Waals surface area contributed by atoms with Crippen LogP contribution in [-0.2, 0) is 0 Å². The summed E-state index contributed by atoms with van der Waals surface area (Å²) in [5, 5.41) is 7.90. The van der Waals surface area contributed by atoms with Gasteiger partial charge in [-0.15, -0.1) is 0 Å². The first-order valence-electron chi connectivity index (χ1n) is 11.3. The average Bonchev–Trinajstić information content (AvgIpc) is 2.89. The van der Waals surface area contributed by atoms with Crippen LogP contribution >= 0.6 is 8.58 Å². The predicted octanol–water partition coefficient (Wildman–Crippen LogP) is 7.96. The Morgan fingerprint density at radius 1 is 0.333 bits per heavy atom. The third-order valence-electron chi connectivity index (χ3n) is 6.26. The predicted molar refractivity (Wildman–Crippen MR) is 146 cm³/mol. The molecule has 0 N–H and O–H groups in total. The largest absolute Gasteiger partial charge is 0.0616 e. The van der Waals surface area contributed by atoms with E-state index in [-0.39, 0.29) is 0 Å². The van der Waals surface area contributed by atoms with Gasteiger partial charge in [-0.05, 0) is 54.4 Å². The minimum atomic E-state index is 0.647. The zero-order valence-electron chi connectivity index (χ0n) is 18.2. The summed E-state index contributed by atoms with van der Waals surface area (Å²) in [6.07, 6.45) is 0. The molecule has 0 fully saturated rings. The van der Waals surface area contributed by atoms with Crippen LogP contribution in [0.25, 0.3) is 43.8 Å². The summed E-state index contributed by atoms with van der Waals surface area (Å²) in [4.78, 5) is 0. The highest BCUT2D eigenvalue weighted by atomic mass is 31.1. The number of hydrogen-bond acceptors (Lipinski definition) is 0. The second-order valence-electron chi connectivity index (χ2n) is 8.33. The van der Waals surface area contributed by atoms with Gasteiger partial charge in [-0.3, -0.25) is 0 Å². The third-order valence-corrected chi connectivity index (χ3v) is 7.50. The van der Waals surface area contributed by atoms with Gasteiger partial charge in [0.25, 0.3) is 0 Å². The molecule has 0 radical (unpaired) electrons. The maximum atomic E-state index is 2.27. The fourth-order valence-electron chi connectivity index (χ4n) is 4.59. The fourth-order valence-corrected chi connectivity index (χ4v) is 5.59. The SMILES string of the molecule is c1ccc2c(-c3ccc(Pc4ccc(-c5cccc6ccccc56)cc4)cc3)cccc2c1. The van der Waals surface area contributed by atoms with E-state index in [0.717, 1.165) is 0 Å². The molecule has 0 aliphatic heterocycles. The molecule has 0 nitrogen and oxygen atoms in total. The van der Waals surface area contributed by atoms with Gasteiger partial charge < -0.3 is 0 Å². The molecule has 0 unspecified atom stereocenters. The Hall–Kier alpha value is -3.73. The highest BCUT2D eigenvalue weighted by molar-refractivity contribution is 7.55. The highest BCUT2D eigenvalue weighted by Gasteiger charge is 2.06. The molecule has 156 valence electrons. The molecule has 6 aromatic carbocycles. The van der Waals surface area contributed by atoms with Crippen LogP contribution in [0.15, 0.2) is 133 Å². The molecule has 0 aliphatic rings. The summed E-state index contributed by atoms with van der Waals surface area (Å²) in [7, 11) is 0.647. The van der Waals surface area contributed by atoms with Crippen molar-refractivity contribution in [1.82, 2.24) is 0 Å². The molecular formula is C32H23P. The molecule has 6 aromatic rings. The lowest BCUT2D eigenvalue weighted by molar-refractivity contribution is 1.67. The van der Waals surface area contributed by atoms with Crippen molar-refractivity contribution in [2.75, 3.05) is 0 Å². The quantitative estimate of drug-likeness (QED) is 0.245. The van der Waals surface area contributed by atoms with Gasteiger partial charge >= 0.3 is 0 Å². The number of fused-ring (bicyclic) bond motifs is 2. The number of rotatable bonds is 4. The fraction of sp³-hybridized carbons (Fsp3) is 0. The third kappa shape index (κ3) is 3.95. The molecule has 33 heavy (non-hydrogen) atoms. The number of benzene rings is 6. The highest BCUT2D eigenvalue weighted by Crippen LogP contribution is 2.30. The Morgan fingerprint density at radius 2 is 0.727 bits per heavy atom. The standard InChI is InChI=1S/C32H23P/c1-3-11-29-23(7-1)9-5-13-31(29)25-15-19-27(20-16-25)33-28-21-17-26(18-22-28)32-14-6-10-24-8-2-4-12-30(24)32/h1-22,33H. The Bertz CT molecular complexity index is 1430. The lowest BCUT2D eigenvalue weighted by atomic mass is 9.98. The molecular weight excluding hydrogens is 415 g/mol. The zero-order valence-corrected chi connectivity index (χ0v) is 19.2. The van der Waals surface area contributed by atoms with Gasteiger partial charge in [-0.1, -0.05) is 142 Å². The summed E-state index contributed by atoms with van der Waals surface area (Å²) >= 11 is 0. The number of hydrogen-bond donors (Lipinski definition) is 0. The van der Waals surface area contributed by atoms with Gasteiger partial charge in [0.1, 0.15) is 0 Å². The summed E-state index contributed by atoms with van der Waals surface area (Å²) in [5.74, 6) is 0. The topological polar surface area (TPSA) is 0 Å². The van der Waals surface area contributed by atoms with E-state index in [1.54, 1.807) is 0 Å². The molecule has 0 saturated heterocycles. The van der Waals surface area contributed by atoms with Crippen molar-refractivity contribution in [3.8, 4) is 22.3 Å². The first kappa shape index (κ1) is 19.9. The molecule has 0 heterocycles. The minimum Gasteiger partial charge on any atom is -0.0616 e. The van der Waals surface area contributed by atoms with Crippen LogP contribution in [0.4, 0.5) is 0 Å². The maximum Gasteiger partial charge on any atom is -0.0105 e. The van der Waals surface area contributed by atoms with E-state index in [2.05, 4.69) is 133 Å². The van der Waals surface area contributed by atoms with E-state index >= 15 is 0 Å². The normalized spacial score (nSPS) is 11.2. The molecule has 0 aromatic heterocycles. The van der Waals surface area contributed by atoms with Crippen molar-refractivity contribution < 1.29 is 0 Å². The first-order chi connectivity index (χ1) is 16.3. The van der Waals surface area contributed by atoms with Crippen molar-refractivity contribution in [3.63, 3.8) is 0 Å². The van der Waals surface area contributed by atoms with Crippen molar-refractivity contribution in [1.29, 1.82) is 0 Å². The lowest BCUT2D eigenvalue weighted by Crippen LogP contribution is -2.02. The molecule has 0 atom stereocenters. The van der Waals surface area contributed by atoms with Crippen LogP contribution in [0, 0.1) is 0 Å². The molecule has 1 heteroatoms. The molecule has 0 saturated carbocycles. The molecule has 6 rings (SSSR count). The van der Waals surface area contributed by atoms with Crippen molar-refractivity contribution in [2.45, 2.75) is 0 Å². The smallest absolute Gasteiger partial charge is 0.0105 e. The Morgan fingerprint density at radius 3 is 1.18 bits per heavy atom. The van der Waals surface area contributed by atoms with Crippen molar-refractivity contribution >= 4 is 40.7 Å². The molecule has 0 aliphatic carbocycles. The van der Waals surface area contributed by atoms with Gasteiger partial charge in [0.05, 0.1) is 0 Å². The van der Waals surface area contributed by atoms with Crippen molar-refractivity contribution in [2.24, 2.45) is 0 Å². The van der Waals surface area contributed by atoms with Crippen LogP contribution in [0.1, 0.15) is 0 Å². The van der Waals surface area contributed by atoms with Gasteiger partial charge in [0, 0.05) is 0 Å². The zero-order chi connectivity index (χ0) is 22.0. The van der Waals surface area contributed by atoms with E-state index in [4.69, 9.17) is 0 Å². The minimum absolute atomic E-state index is 0.647. The average molecular weight is 439 g/mol. The summed E-state index contributed by atoms with van der Waals surface area (Å²) < 4.78 is 0. The Kier molecular flexibility index (Phi) is 5.23. The molecule has 0 spiro atoms. The van der Waals surface area contributed by atoms with Crippen molar-refractivity contribution in [3.05, 3.63) is 133 Å².